The van der Waals surface area contributed by atoms with E-state index in [1.165, 1.54) is 4.88 Å². The van der Waals surface area contributed by atoms with Crippen LogP contribution in [0.1, 0.15) is 44.3 Å². The second-order valence-electron chi connectivity index (χ2n) is 5.69. The molecule has 0 radical (unpaired) electrons. The first kappa shape index (κ1) is 15.3. The molecule has 1 unspecified atom stereocenters. The largest absolute Gasteiger partial charge is 0.352 e. The average molecular weight is 296 g/mol. The second-order valence-corrected chi connectivity index (χ2v) is 6.70. The van der Waals surface area contributed by atoms with Gasteiger partial charge in [-0.1, -0.05) is 18.3 Å². The van der Waals surface area contributed by atoms with Gasteiger partial charge < -0.3 is 15.5 Å². The Labute approximate surface area is 124 Å². The Morgan fingerprint density at radius 1 is 1.55 bits per heavy atom. The number of hydrogen-bond acceptors (Lipinski definition) is 5. The Kier molecular flexibility index (Phi) is 4.34. The highest BCUT2D eigenvalue weighted by molar-refractivity contribution is 7.15. The molecule has 2 N–H and O–H groups in total. The van der Waals surface area contributed by atoms with Crippen molar-refractivity contribution in [2.75, 3.05) is 24.5 Å². The highest BCUT2D eigenvalue weighted by Gasteiger charge is 2.39. The SMILES string of the molecule is CCNC(C)c1sc(N2CCNC(=O)C2(C)C)nc1C. The fourth-order valence-corrected chi connectivity index (χ4v) is 3.81. The fourth-order valence-electron chi connectivity index (χ4n) is 2.54. The summed E-state index contributed by atoms with van der Waals surface area (Å²) in [5.41, 5.74) is 0.515. The predicted octanol–water partition coefficient (Wildman–Crippen LogP) is 1.84. The molecule has 1 saturated heterocycles. The Balaban J connectivity index is 2.29. The summed E-state index contributed by atoms with van der Waals surface area (Å²) in [5.74, 6) is 0.0675. The van der Waals surface area contributed by atoms with E-state index in [0.29, 0.717) is 12.6 Å². The van der Waals surface area contributed by atoms with E-state index < -0.39 is 5.54 Å². The molecule has 20 heavy (non-hydrogen) atoms. The van der Waals surface area contributed by atoms with E-state index in [1.54, 1.807) is 11.3 Å². The number of carbonyl (C=O) groups excluding carboxylic acids is 1. The van der Waals surface area contributed by atoms with Gasteiger partial charge in [0.1, 0.15) is 5.54 Å². The van der Waals surface area contributed by atoms with E-state index >= 15 is 0 Å². The molecule has 1 aliphatic heterocycles. The number of rotatable bonds is 4. The van der Waals surface area contributed by atoms with Crippen molar-refractivity contribution in [3.05, 3.63) is 10.6 Å². The van der Waals surface area contributed by atoms with Crippen LogP contribution in [-0.2, 0) is 4.79 Å². The molecule has 0 spiro atoms. The minimum absolute atomic E-state index is 0.0675. The molecule has 2 rings (SSSR count). The van der Waals surface area contributed by atoms with Crippen molar-refractivity contribution in [2.24, 2.45) is 0 Å². The molecule has 6 heteroatoms. The molecule has 5 nitrogen and oxygen atoms in total. The van der Waals surface area contributed by atoms with Crippen LogP contribution < -0.4 is 15.5 Å². The molecule has 0 saturated carbocycles. The number of amides is 1. The fraction of sp³-hybridized carbons (Fsp3) is 0.714. The van der Waals surface area contributed by atoms with Crippen LogP contribution in [0.2, 0.25) is 0 Å². The maximum Gasteiger partial charge on any atom is 0.245 e. The lowest BCUT2D eigenvalue weighted by molar-refractivity contribution is -0.126. The lowest BCUT2D eigenvalue weighted by Crippen LogP contribution is -2.62. The van der Waals surface area contributed by atoms with Crippen LogP contribution in [0.3, 0.4) is 0 Å². The van der Waals surface area contributed by atoms with Gasteiger partial charge in [-0.15, -0.1) is 0 Å². The lowest BCUT2D eigenvalue weighted by atomic mass is 10.00. The summed E-state index contributed by atoms with van der Waals surface area (Å²) in [6.45, 7) is 12.6. The van der Waals surface area contributed by atoms with Crippen molar-refractivity contribution in [2.45, 2.75) is 46.2 Å². The van der Waals surface area contributed by atoms with Gasteiger partial charge in [-0.2, -0.15) is 0 Å². The van der Waals surface area contributed by atoms with Gasteiger partial charge in [-0.3, -0.25) is 4.79 Å². The molecule has 2 heterocycles. The van der Waals surface area contributed by atoms with E-state index in [2.05, 4.69) is 29.4 Å². The molecule has 1 aromatic rings. The number of nitrogens with one attached hydrogen (secondary N) is 2. The monoisotopic (exact) mass is 296 g/mol. The number of hydrogen-bond donors (Lipinski definition) is 2. The van der Waals surface area contributed by atoms with Gasteiger partial charge in [0.2, 0.25) is 5.91 Å². The van der Waals surface area contributed by atoms with Crippen molar-refractivity contribution in [1.82, 2.24) is 15.6 Å². The number of piperazine rings is 1. The van der Waals surface area contributed by atoms with E-state index in [-0.39, 0.29) is 5.91 Å². The van der Waals surface area contributed by atoms with E-state index in [1.807, 2.05) is 20.8 Å². The molecule has 0 bridgehead atoms. The highest BCUT2D eigenvalue weighted by Crippen LogP contribution is 2.34. The van der Waals surface area contributed by atoms with Crippen LogP contribution in [-0.4, -0.2) is 36.1 Å². The third-order valence-corrected chi connectivity index (χ3v) is 5.17. The molecule has 0 aliphatic carbocycles. The third kappa shape index (κ3) is 2.67. The van der Waals surface area contributed by atoms with Gasteiger partial charge in [0, 0.05) is 24.0 Å². The minimum atomic E-state index is -0.540. The van der Waals surface area contributed by atoms with Crippen LogP contribution >= 0.6 is 11.3 Å². The minimum Gasteiger partial charge on any atom is -0.352 e. The average Bonchev–Trinajstić information content (AvgIpc) is 2.75. The zero-order chi connectivity index (χ0) is 14.9. The number of nitrogens with zero attached hydrogens (tertiary/aromatic N) is 2. The van der Waals surface area contributed by atoms with Crippen LogP contribution in [0, 0.1) is 6.92 Å². The molecular formula is C14H24N4OS. The standard InChI is InChI=1S/C14H24N4OS/c1-6-15-9(2)11-10(3)17-13(20-11)18-8-7-16-12(19)14(18,4)5/h9,15H,6-8H2,1-5H3,(H,16,19). The summed E-state index contributed by atoms with van der Waals surface area (Å²) in [7, 11) is 0. The summed E-state index contributed by atoms with van der Waals surface area (Å²) in [6, 6.07) is 0.299. The van der Waals surface area contributed by atoms with E-state index in [4.69, 9.17) is 4.98 Å². The van der Waals surface area contributed by atoms with Gasteiger partial charge in [0.15, 0.2) is 5.13 Å². The predicted molar refractivity (Wildman–Crippen MR) is 83.4 cm³/mol. The molecule has 112 valence electrons. The zero-order valence-corrected chi connectivity index (χ0v) is 13.7. The number of carbonyl (C=O) groups is 1. The summed E-state index contributed by atoms with van der Waals surface area (Å²) in [6.07, 6.45) is 0. The summed E-state index contributed by atoms with van der Waals surface area (Å²) >= 11 is 1.69. The van der Waals surface area contributed by atoms with Gasteiger partial charge in [-0.05, 0) is 34.2 Å². The van der Waals surface area contributed by atoms with E-state index in [0.717, 1.165) is 23.9 Å². The number of aryl methyl sites for hydroxylation is 1. The number of anilines is 1. The smallest absolute Gasteiger partial charge is 0.245 e. The van der Waals surface area contributed by atoms with Crippen LogP contribution in [0.5, 0.6) is 0 Å². The molecule has 1 amide bonds. The lowest BCUT2D eigenvalue weighted by Gasteiger charge is -2.41. The Morgan fingerprint density at radius 3 is 2.90 bits per heavy atom. The molecule has 1 fully saturated rings. The maximum atomic E-state index is 12.0. The zero-order valence-electron chi connectivity index (χ0n) is 12.9. The summed E-state index contributed by atoms with van der Waals surface area (Å²) in [5, 5.41) is 7.29. The van der Waals surface area contributed by atoms with Crippen molar-refractivity contribution >= 4 is 22.4 Å². The van der Waals surface area contributed by atoms with Crippen LogP contribution in [0.25, 0.3) is 0 Å². The number of thiazole rings is 1. The van der Waals surface area contributed by atoms with Crippen molar-refractivity contribution in [3.8, 4) is 0 Å². The first-order chi connectivity index (χ1) is 9.37. The van der Waals surface area contributed by atoms with Gasteiger partial charge in [-0.25, -0.2) is 4.98 Å². The highest BCUT2D eigenvalue weighted by atomic mass is 32.1. The Bertz CT molecular complexity index is 497. The third-order valence-electron chi connectivity index (χ3n) is 3.81. The van der Waals surface area contributed by atoms with Crippen molar-refractivity contribution < 1.29 is 4.79 Å². The summed E-state index contributed by atoms with van der Waals surface area (Å²) in [4.78, 5) is 20.1. The first-order valence-electron chi connectivity index (χ1n) is 7.14. The van der Waals surface area contributed by atoms with E-state index in [9.17, 15) is 4.79 Å². The second kappa shape index (κ2) is 5.69. The van der Waals surface area contributed by atoms with Gasteiger partial charge >= 0.3 is 0 Å². The molecule has 0 aromatic carbocycles. The Morgan fingerprint density at radius 2 is 2.25 bits per heavy atom. The Hall–Kier alpha value is -1.14. The van der Waals surface area contributed by atoms with Crippen LogP contribution in [0.4, 0.5) is 5.13 Å². The maximum absolute atomic E-state index is 12.0. The molecular weight excluding hydrogens is 272 g/mol. The molecule has 1 aromatic heterocycles. The first-order valence-corrected chi connectivity index (χ1v) is 7.96. The van der Waals surface area contributed by atoms with Crippen LogP contribution in [0.15, 0.2) is 0 Å². The topological polar surface area (TPSA) is 57.3 Å². The molecule has 1 aliphatic rings. The quantitative estimate of drug-likeness (QED) is 0.890. The van der Waals surface area contributed by atoms with Gasteiger partial charge in [0.05, 0.1) is 5.69 Å². The molecule has 1 atom stereocenters. The summed E-state index contributed by atoms with van der Waals surface area (Å²) < 4.78 is 0. The van der Waals surface area contributed by atoms with Crippen molar-refractivity contribution in [3.63, 3.8) is 0 Å². The number of aromatic nitrogens is 1. The normalized spacial score (nSPS) is 19.9. The van der Waals surface area contributed by atoms with Crippen molar-refractivity contribution in [1.29, 1.82) is 0 Å². The van der Waals surface area contributed by atoms with Gasteiger partial charge in [0.25, 0.3) is 0 Å².